The van der Waals surface area contributed by atoms with Gasteiger partial charge in [-0.05, 0) is 0 Å². The fourth-order valence-corrected chi connectivity index (χ4v) is 10.3. The Bertz CT molecular complexity index is 539. The third-order valence-electron chi connectivity index (χ3n) is 6.05. The van der Waals surface area contributed by atoms with E-state index in [1.54, 1.807) is 13.3 Å². The first-order chi connectivity index (χ1) is 14.4. The van der Waals surface area contributed by atoms with E-state index in [0.29, 0.717) is 12.3 Å². The summed E-state index contributed by atoms with van der Waals surface area (Å²) in [7, 11) is -5.57. The average molecular weight is 493 g/mol. The van der Waals surface area contributed by atoms with Crippen molar-refractivity contribution in [2.45, 2.75) is 122 Å². The van der Waals surface area contributed by atoms with Crippen LogP contribution in [0.3, 0.4) is 0 Å². The fourth-order valence-electron chi connectivity index (χ4n) is 4.04. The van der Waals surface area contributed by atoms with Crippen molar-refractivity contribution in [2.24, 2.45) is 0 Å². The van der Waals surface area contributed by atoms with Gasteiger partial charge in [0.2, 0.25) is 0 Å². The van der Waals surface area contributed by atoms with Crippen molar-refractivity contribution in [1.82, 2.24) is 0 Å². The van der Waals surface area contributed by atoms with Crippen LogP contribution in [0.5, 0.6) is 0 Å². The Morgan fingerprint density at radius 1 is 0.613 bits per heavy atom. The van der Waals surface area contributed by atoms with Gasteiger partial charge in [-0.2, -0.15) is 0 Å². The Balaban J connectivity index is 4.71. The topological polar surface area (TPSA) is 43.4 Å². The predicted octanol–water partition coefficient (Wildman–Crippen LogP) is 8.86. The summed E-state index contributed by atoms with van der Waals surface area (Å²) in [4.78, 5) is 0. The Labute approximate surface area is 190 Å². The third-order valence-corrected chi connectivity index (χ3v) is 12.9. The molecule has 0 N–H and O–H groups in total. The van der Waals surface area contributed by atoms with E-state index in [-0.39, 0.29) is 0 Å². The molecule has 8 heteroatoms. The average Bonchev–Trinajstić information content (AvgIpc) is 2.64. The molecule has 0 rings (SSSR count). The van der Waals surface area contributed by atoms with Crippen molar-refractivity contribution < 1.29 is 25.6 Å². The molecule has 0 saturated carbocycles. The van der Waals surface area contributed by atoms with Crippen LogP contribution >= 0.6 is 6.83 Å². The zero-order valence-corrected chi connectivity index (χ0v) is 22.2. The number of hydrogen-bond acceptors (Lipinski definition) is 3. The van der Waals surface area contributed by atoms with Crippen LogP contribution in [0.25, 0.3) is 0 Å². The number of unbranched alkanes of at least 4 members (excludes halogenated alkanes) is 14. The maximum absolute atomic E-state index is 13.0. The van der Waals surface area contributed by atoms with E-state index in [1.807, 2.05) is 0 Å². The van der Waals surface area contributed by atoms with Crippen LogP contribution < -0.4 is 0 Å². The fraction of sp³-hybridized carbons (Fsp3) is 1.00. The Morgan fingerprint density at radius 2 is 0.903 bits per heavy atom. The van der Waals surface area contributed by atoms with E-state index >= 15 is 0 Å². The second kappa shape index (κ2) is 15.1. The van der Waals surface area contributed by atoms with Crippen molar-refractivity contribution in [3.8, 4) is 0 Å². The molecule has 31 heavy (non-hydrogen) atoms. The zero-order chi connectivity index (χ0) is 23.9. The molecular formula is C23H48F3O3PS. The molecule has 0 unspecified atom stereocenters. The first-order valence-electron chi connectivity index (χ1n) is 12.4. The monoisotopic (exact) mass is 492 g/mol. The van der Waals surface area contributed by atoms with Crippen molar-refractivity contribution in [2.75, 3.05) is 25.7 Å². The molecule has 0 aromatic heterocycles. The van der Waals surface area contributed by atoms with Gasteiger partial charge in [-0.25, -0.2) is 0 Å². The molecule has 190 valence electrons. The summed E-state index contributed by atoms with van der Waals surface area (Å²) >= 11 is 0. The molecule has 0 aliphatic rings. The molecule has 0 spiro atoms. The van der Waals surface area contributed by atoms with E-state index in [9.17, 15) is 21.6 Å². The van der Waals surface area contributed by atoms with Crippen LogP contribution in [-0.4, -0.2) is 39.6 Å². The molecule has 0 atom stereocenters. The van der Waals surface area contributed by atoms with Gasteiger partial charge in [0, 0.05) is 0 Å². The molecule has 0 aromatic carbocycles. The molecule has 0 fully saturated rings. The van der Waals surface area contributed by atoms with Crippen molar-refractivity contribution in [1.29, 1.82) is 0 Å². The number of halogens is 3. The van der Waals surface area contributed by atoms with Gasteiger partial charge in [0.1, 0.15) is 0 Å². The first-order valence-corrected chi connectivity index (χ1v) is 17.2. The summed E-state index contributed by atoms with van der Waals surface area (Å²) in [5.74, 6) is 0. The van der Waals surface area contributed by atoms with Gasteiger partial charge in [0.15, 0.2) is 0 Å². The quantitative estimate of drug-likeness (QED) is 0.0968. The van der Waals surface area contributed by atoms with Crippen LogP contribution in [0.2, 0.25) is 0 Å². The Morgan fingerprint density at radius 3 is 1.19 bits per heavy atom. The van der Waals surface area contributed by atoms with Gasteiger partial charge in [-0.1, -0.05) is 0 Å². The van der Waals surface area contributed by atoms with Gasteiger partial charge in [-0.3, -0.25) is 0 Å². The van der Waals surface area contributed by atoms with Crippen LogP contribution in [-0.2, 0) is 14.1 Å². The van der Waals surface area contributed by atoms with Crippen molar-refractivity contribution in [3.05, 3.63) is 0 Å². The number of hydrogen-bond donors (Lipinski definition) is 0. The van der Waals surface area contributed by atoms with Gasteiger partial charge < -0.3 is 0 Å². The summed E-state index contributed by atoms with van der Waals surface area (Å²) in [6.07, 6.45) is 18.2. The second-order valence-corrected chi connectivity index (χ2v) is 17.9. The van der Waals surface area contributed by atoms with E-state index in [0.717, 1.165) is 51.4 Å². The van der Waals surface area contributed by atoms with Crippen molar-refractivity contribution in [3.63, 3.8) is 0 Å². The maximum atomic E-state index is 13.0. The molecule has 0 aliphatic heterocycles. The summed E-state index contributed by atoms with van der Waals surface area (Å²) in [5.41, 5.74) is -5.36. The Hall–Kier alpha value is 0.130. The van der Waals surface area contributed by atoms with E-state index < -0.39 is 22.5 Å². The van der Waals surface area contributed by atoms with Crippen LogP contribution in [0, 0.1) is 0 Å². The Kier molecular flexibility index (Phi) is 15.2. The standard InChI is InChI=1S/C23H48F3O3PS/c1-5-7-9-11-13-15-17-19-21-30(3,4,29-31(27,28)23(24,25)26)22-20-18-16-14-12-10-8-6-2/h5-22H2,1-4H3. The van der Waals surface area contributed by atoms with Crippen LogP contribution in [0.1, 0.15) is 117 Å². The summed E-state index contributed by atoms with van der Waals surface area (Å²) in [5, 5.41) is 0. The van der Waals surface area contributed by atoms with Gasteiger partial charge in [-0.15, -0.1) is 0 Å². The molecule has 0 bridgehead atoms. The normalized spacial score (nSPS) is 14.5. The summed E-state index contributed by atoms with van der Waals surface area (Å²) < 4.78 is 67.8. The van der Waals surface area contributed by atoms with E-state index in [4.69, 9.17) is 3.97 Å². The van der Waals surface area contributed by atoms with Gasteiger partial charge in [0.25, 0.3) is 0 Å². The minimum atomic E-state index is -5.57. The third kappa shape index (κ3) is 14.8. The minimum absolute atomic E-state index is 0.437. The second-order valence-electron chi connectivity index (χ2n) is 9.93. The molecular weight excluding hydrogens is 444 g/mol. The molecule has 0 aromatic rings. The summed E-state index contributed by atoms with van der Waals surface area (Å²) in [6, 6.07) is 0. The predicted molar refractivity (Wildman–Crippen MR) is 130 cm³/mol. The molecule has 3 nitrogen and oxygen atoms in total. The summed E-state index contributed by atoms with van der Waals surface area (Å²) in [6.45, 7) is 4.25. The van der Waals surface area contributed by atoms with Crippen LogP contribution in [0.15, 0.2) is 0 Å². The molecule has 0 saturated heterocycles. The number of alkyl halides is 3. The van der Waals surface area contributed by atoms with Gasteiger partial charge in [0.05, 0.1) is 0 Å². The van der Waals surface area contributed by atoms with Crippen molar-refractivity contribution >= 4 is 16.9 Å². The molecule has 0 amide bonds. The van der Waals surface area contributed by atoms with Gasteiger partial charge >= 0.3 is 190 Å². The molecule has 0 radical (unpaired) electrons. The van der Waals surface area contributed by atoms with E-state index in [2.05, 4.69) is 13.8 Å². The first kappa shape index (κ1) is 31.1. The SMILES string of the molecule is CCCCCCCCCCP(C)(C)(CCCCCCCCCC)OS(=O)(=O)C(F)(F)F. The zero-order valence-electron chi connectivity index (χ0n) is 20.4. The molecule has 0 heterocycles. The van der Waals surface area contributed by atoms with Crippen LogP contribution in [0.4, 0.5) is 13.2 Å². The number of rotatable bonds is 20. The molecule has 0 aliphatic carbocycles. The van der Waals surface area contributed by atoms with E-state index in [1.165, 1.54) is 51.4 Å².